The smallest absolute Gasteiger partial charge is 0.366 e. The number of rotatable bonds is 3. The van der Waals surface area contributed by atoms with E-state index in [0.29, 0.717) is 16.2 Å². The van der Waals surface area contributed by atoms with E-state index < -0.39 is 11.7 Å². The molecule has 6 heteroatoms. The summed E-state index contributed by atoms with van der Waals surface area (Å²) >= 11 is 3.20. The van der Waals surface area contributed by atoms with E-state index in [1.807, 2.05) is 0 Å². The number of hydrogen-bond acceptors (Lipinski definition) is 2. The molecule has 0 bridgehead atoms. The van der Waals surface area contributed by atoms with Gasteiger partial charge in [0.25, 0.3) is 0 Å². The van der Waals surface area contributed by atoms with E-state index in [9.17, 15) is 13.2 Å². The maximum absolute atomic E-state index is 13.0. The third kappa shape index (κ3) is 3.92. The number of nitrogens with one attached hydrogen (secondary N) is 1. The van der Waals surface area contributed by atoms with Crippen LogP contribution in [0.3, 0.4) is 0 Å². The first-order chi connectivity index (χ1) is 9.85. The lowest BCUT2D eigenvalue weighted by Crippen LogP contribution is -2.56. The molecule has 0 radical (unpaired) electrons. The van der Waals surface area contributed by atoms with Gasteiger partial charge in [0.2, 0.25) is 0 Å². The van der Waals surface area contributed by atoms with E-state index in [2.05, 4.69) is 40.0 Å². The highest BCUT2D eigenvalue weighted by atomic mass is 79.9. The van der Waals surface area contributed by atoms with Gasteiger partial charge >= 0.3 is 6.18 Å². The van der Waals surface area contributed by atoms with Crippen LogP contribution < -0.4 is 10.2 Å². The fourth-order valence-electron chi connectivity index (χ4n) is 2.72. The van der Waals surface area contributed by atoms with Gasteiger partial charge in [-0.2, -0.15) is 13.2 Å². The van der Waals surface area contributed by atoms with Crippen molar-refractivity contribution in [3.05, 3.63) is 28.2 Å². The molecular weight excluding hydrogens is 345 g/mol. The number of hydrogen-bond donors (Lipinski definition) is 1. The topological polar surface area (TPSA) is 15.3 Å². The molecule has 1 aliphatic rings. The van der Waals surface area contributed by atoms with Crippen molar-refractivity contribution in [3.8, 4) is 0 Å². The summed E-state index contributed by atoms with van der Waals surface area (Å²) in [5, 5.41) is 3.45. The van der Waals surface area contributed by atoms with Gasteiger partial charge in [0.05, 0.1) is 5.56 Å². The minimum Gasteiger partial charge on any atom is -0.366 e. The lowest BCUT2D eigenvalue weighted by atomic mass is 10.0. The summed E-state index contributed by atoms with van der Waals surface area (Å²) in [6.07, 6.45) is -2.46. The second kappa shape index (κ2) is 6.57. The Labute approximate surface area is 131 Å². The maximum Gasteiger partial charge on any atom is 0.416 e. The first-order valence-electron chi connectivity index (χ1n) is 7.23. The third-order valence-electron chi connectivity index (χ3n) is 4.01. The molecule has 2 atom stereocenters. The average molecular weight is 365 g/mol. The fraction of sp³-hybridized carbons (Fsp3) is 0.600. The van der Waals surface area contributed by atoms with Crippen molar-refractivity contribution in [1.29, 1.82) is 0 Å². The van der Waals surface area contributed by atoms with Crippen LogP contribution in [0.2, 0.25) is 0 Å². The van der Waals surface area contributed by atoms with Gasteiger partial charge in [0, 0.05) is 35.3 Å². The molecule has 2 nitrogen and oxygen atoms in total. The number of halogens is 4. The Balaban J connectivity index is 2.36. The highest BCUT2D eigenvalue weighted by Crippen LogP contribution is 2.35. The molecule has 2 unspecified atom stereocenters. The van der Waals surface area contributed by atoms with Crippen LogP contribution in [-0.4, -0.2) is 25.2 Å². The standard InChI is InChI=1S/C15H20BrF3N2/c1-3-12-9-21(13(4-2)8-20-12)14-6-10(15(17,18)19)5-11(16)7-14/h5-7,12-13,20H,3-4,8-9H2,1-2H3. The normalized spacial score (nSPS) is 23.4. The number of benzene rings is 1. The molecular formula is C15H20BrF3N2. The van der Waals surface area contributed by atoms with Gasteiger partial charge in [0.15, 0.2) is 0 Å². The molecule has 1 N–H and O–H groups in total. The van der Waals surface area contributed by atoms with Crippen molar-refractivity contribution < 1.29 is 13.2 Å². The van der Waals surface area contributed by atoms with Crippen LogP contribution in [-0.2, 0) is 6.18 Å². The molecule has 1 aromatic carbocycles. The molecule has 118 valence electrons. The summed E-state index contributed by atoms with van der Waals surface area (Å²) in [6.45, 7) is 5.70. The number of anilines is 1. The first kappa shape index (κ1) is 16.6. The Morgan fingerprint density at radius 2 is 1.95 bits per heavy atom. The van der Waals surface area contributed by atoms with Crippen LogP contribution in [0.15, 0.2) is 22.7 Å². The Morgan fingerprint density at radius 1 is 1.24 bits per heavy atom. The van der Waals surface area contributed by atoms with Crippen molar-refractivity contribution in [2.75, 3.05) is 18.0 Å². The molecule has 1 aliphatic heterocycles. The van der Waals surface area contributed by atoms with Crippen LogP contribution in [0.4, 0.5) is 18.9 Å². The Bertz CT molecular complexity index is 490. The van der Waals surface area contributed by atoms with Crippen LogP contribution in [0.1, 0.15) is 32.3 Å². The molecule has 1 fully saturated rings. The zero-order valence-electron chi connectivity index (χ0n) is 12.2. The quantitative estimate of drug-likeness (QED) is 0.852. The van der Waals surface area contributed by atoms with Gasteiger partial charge in [-0.25, -0.2) is 0 Å². The number of piperazine rings is 1. The molecule has 21 heavy (non-hydrogen) atoms. The zero-order valence-corrected chi connectivity index (χ0v) is 13.8. The van der Waals surface area contributed by atoms with Gasteiger partial charge in [0.1, 0.15) is 0 Å². The maximum atomic E-state index is 13.0. The molecule has 1 aromatic rings. The summed E-state index contributed by atoms with van der Waals surface area (Å²) in [5.41, 5.74) is 0.0387. The van der Waals surface area contributed by atoms with Crippen LogP contribution in [0.5, 0.6) is 0 Å². The van der Waals surface area contributed by atoms with Gasteiger partial charge in [-0.1, -0.05) is 29.8 Å². The molecule has 0 amide bonds. The van der Waals surface area contributed by atoms with Gasteiger partial charge in [-0.3, -0.25) is 0 Å². The molecule has 0 aromatic heterocycles. The van der Waals surface area contributed by atoms with Crippen molar-refractivity contribution in [3.63, 3.8) is 0 Å². The van der Waals surface area contributed by atoms with Crippen molar-refractivity contribution in [2.24, 2.45) is 0 Å². The Morgan fingerprint density at radius 3 is 2.52 bits per heavy atom. The molecule has 1 saturated heterocycles. The minimum atomic E-state index is -4.32. The molecule has 0 saturated carbocycles. The van der Waals surface area contributed by atoms with E-state index in [4.69, 9.17) is 0 Å². The summed E-state index contributed by atoms with van der Waals surface area (Å²) < 4.78 is 39.4. The summed E-state index contributed by atoms with van der Waals surface area (Å²) in [5.74, 6) is 0. The SMILES string of the molecule is CCC1CN(c2cc(Br)cc(C(F)(F)F)c2)C(CC)CN1. The van der Waals surface area contributed by atoms with E-state index in [1.165, 1.54) is 6.07 Å². The second-order valence-electron chi connectivity index (χ2n) is 5.42. The highest BCUT2D eigenvalue weighted by molar-refractivity contribution is 9.10. The molecule has 0 spiro atoms. The predicted octanol–water partition coefficient (Wildman–Crippen LogP) is 4.43. The third-order valence-corrected chi connectivity index (χ3v) is 4.46. The summed E-state index contributed by atoms with van der Waals surface area (Å²) in [7, 11) is 0. The largest absolute Gasteiger partial charge is 0.416 e. The first-order valence-corrected chi connectivity index (χ1v) is 8.02. The fourth-order valence-corrected chi connectivity index (χ4v) is 3.20. The molecule has 0 aliphatic carbocycles. The zero-order chi connectivity index (χ0) is 15.6. The minimum absolute atomic E-state index is 0.225. The number of alkyl halides is 3. The monoisotopic (exact) mass is 364 g/mol. The van der Waals surface area contributed by atoms with E-state index in [1.54, 1.807) is 6.07 Å². The highest BCUT2D eigenvalue weighted by Gasteiger charge is 2.33. The Kier molecular flexibility index (Phi) is 5.20. The van der Waals surface area contributed by atoms with Gasteiger partial charge < -0.3 is 10.2 Å². The Hall–Kier alpha value is -0.750. The predicted molar refractivity (Wildman–Crippen MR) is 82.7 cm³/mol. The van der Waals surface area contributed by atoms with Gasteiger partial charge in [-0.05, 0) is 31.0 Å². The van der Waals surface area contributed by atoms with E-state index >= 15 is 0 Å². The van der Waals surface area contributed by atoms with Crippen molar-refractivity contribution in [2.45, 2.75) is 44.9 Å². The van der Waals surface area contributed by atoms with Crippen LogP contribution in [0, 0.1) is 0 Å². The molecule has 2 rings (SSSR count). The van der Waals surface area contributed by atoms with Gasteiger partial charge in [-0.15, -0.1) is 0 Å². The van der Waals surface area contributed by atoms with Crippen LogP contribution in [0.25, 0.3) is 0 Å². The summed E-state index contributed by atoms with van der Waals surface area (Å²) in [6, 6.07) is 4.70. The number of nitrogens with zero attached hydrogens (tertiary/aromatic N) is 1. The van der Waals surface area contributed by atoms with Crippen molar-refractivity contribution in [1.82, 2.24) is 5.32 Å². The lowest BCUT2D eigenvalue weighted by molar-refractivity contribution is -0.137. The summed E-state index contributed by atoms with van der Waals surface area (Å²) in [4.78, 5) is 2.10. The van der Waals surface area contributed by atoms with E-state index in [-0.39, 0.29) is 6.04 Å². The lowest BCUT2D eigenvalue weighted by Gasteiger charge is -2.41. The molecule has 1 heterocycles. The average Bonchev–Trinajstić information content (AvgIpc) is 2.45. The van der Waals surface area contributed by atoms with Crippen molar-refractivity contribution >= 4 is 21.6 Å². The second-order valence-corrected chi connectivity index (χ2v) is 6.34. The van der Waals surface area contributed by atoms with Crippen LogP contribution >= 0.6 is 15.9 Å². The van der Waals surface area contributed by atoms with E-state index in [0.717, 1.165) is 32.0 Å².